The molecule has 0 atom stereocenters. The lowest BCUT2D eigenvalue weighted by Crippen LogP contribution is -2.42. The van der Waals surface area contributed by atoms with Crippen molar-refractivity contribution in [2.24, 2.45) is 4.99 Å². The Hall–Kier alpha value is -2.25. The Morgan fingerprint density at radius 2 is 2.15 bits per heavy atom. The Labute approximate surface area is 164 Å². The zero-order valence-corrected chi connectivity index (χ0v) is 16.5. The third-order valence-electron chi connectivity index (χ3n) is 4.81. The predicted octanol–water partition coefficient (Wildman–Crippen LogP) is 2.59. The van der Waals surface area contributed by atoms with Crippen LogP contribution in [-0.4, -0.2) is 43.8 Å². The van der Waals surface area contributed by atoms with Crippen LogP contribution < -0.4 is 20.1 Å². The molecule has 2 aliphatic rings. The summed E-state index contributed by atoms with van der Waals surface area (Å²) in [4.78, 5) is 8.76. The maximum atomic E-state index is 5.44. The molecule has 0 amide bonds. The van der Waals surface area contributed by atoms with Gasteiger partial charge in [0, 0.05) is 37.6 Å². The summed E-state index contributed by atoms with van der Waals surface area (Å²) in [5, 5.41) is 8.98. The molecule has 2 aromatic rings. The summed E-state index contributed by atoms with van der Waals surface area (Å²) in [6.07, 6.45) is 1.17. The van der Waals surface area contributed by atoms with Gasteiger partial charge in [-0.3, -0.25) is 4.90 Å². The van der Waals surface area contributed by atoms with Gasteiger partial charge < -0.3 is 20.1 Å². The fraction of sp³-hybridized carbons (Fsp3) is 0.450. The number of nitrogens with zero attached hydrogens (tertiary/aromatic N) is 2. The molecule has 1 aromatic carbocycles. The normalized spacial score (nSPS) is 16.3. The van der Waals surface area contributed by atoms with Crippen molar-refractivity contribution in [3.8, 4) is 11.5 Å². The summed E-state index contributed by atoms with van der Waals surface area (Å²) in [6.45, 7) is 7.93. The molecular formula is C20H26N4O2S. The lowest BCUT2D eigenvalue weighted by molar-refractivity contribution is 0.174. The Morgan fingerprint density at radius 3 is 3.07 bits per heavy atom. The molecule has 4 rings (SSSR count). The first kappa shape index (κ1) is 18.1. The van der Waals surface area contributed by atoms with Gasteiger partial charge >= 0.3 is 0 Å². The van der Waals surface area contributed by atoms with Gasteiger partial charge in [-0.05, 0) is 48.1 Å². The molecular weight excluding hydrogens is 360 g/mol. The van der Waals surface area contributed by atoms with Crippen LogP contribution in [0.5, 0.6) is 11.5 Å². The lowest BCUT2D eigenvalue weighted by Gasteiger charge is -2.27. The Balaban J connectivity index is 1.28. The predicted molar refractivity (Wildman–Crippen MR) is 109 cm³/mol. The number of guanidine groups is 1. The minimum Gasteiger partial charge on any atom is -0.454 e. The van der Waals surface area contributed by atoms with Gasteiger partial charge in [-0.15, -0.1) is 11.3 Å². The van der Waals surface area contributed by atoms with E-state index in [0.29, 0.717) is 13.3 Å². The fourth-order valence-corrected chi connectivity index (χ4v) is 4.27. The van der Waals surface area contributed by atoms with E-state index in [1.165, 1.54) is 12.0 Å². The minimum atomic E-state index is 0.301. The average Bonchev–Trinajstić information content (AvgIpc) is 3.34. The van der Waals surface area contributed by atoms with E-state index in [0.717, 1.165) is 55.7 Å². The van der Waals surface area contributed by atoms with E-state index < -0.39 is 0 Å². The second-order valence-electron chi connectivity index (χ2n) is 6.70. The first-order chi connectivity index (χ1) is 13.3. The van der Waals surface area contributed by atoms with Crippen molar-refractivity contribution in [1.29, 1.82) is 0 Å². The van der Waals surface area contributed by atoms with Crippen LogP contribution in [0, 0.1) is 0 Å². The van der Waals surface area contributed by atoms with Crippen LogP contribution in [0.3, 0.4) is 0 Å². The third-order valence-corrected chi connectivity index (χ3v) is 5.83. The summed E-state index contributed by atoms with van der Waals surface area (Å²) < 4.78 is 10.8. The molecule has 1 aromatic heterocycles. The zero-order valence-electron chi connectivity index (χ0n) is 15.7. The van der Waals surface area contributed by atoms with E-state index in [9.17, 15) is 0 Å². The van der Waals surface area contributed by atoms with Crippen molar-refractivity contribution in [3.05, 3.63) is 45.6 Å². The number of hydrogen-bond donors (Lipinski definition) is 2. The van der Waals surface area contributed by atoms with Crippen LogP contribution in [0.15, 0.2) is 34.6 Å². The quantitative estimate of drug-likeness (QED) is 0.590. The molecule has 3 heterocycles. The highest BCUT2D eigenvalue weighted by Gasteiger charge is 2.16. The van der Waals surface area contributed by atoms with Crippen molar-refractivity contribution in [3.63, 3.8) is 0 Å². The smallest absolute Gasteiger partial charge is 0.231 e. The minimum absolute atomic E-state index is 0.301. The number of benzene rings is 1. The van der Waals surface area contributed by atoms with Gasteiger partial charge in [0.05, 0.1) is 6.54 Å². The van der Waals surface area contributed by atoms with Crippen molar-refractivity contribution in [2.75, 3.05) is 33.0 Å². The molecule has 0 saturated heterocycles. The van der Waals surface area contributed by atoms with Gasteiger partial charge in [0.25, 0.3) is 0 Å². The Morgan fingerprint density at radius 1 is 1.22 bits per heavy atom. The molecule has 0 unspecified atom stereocenters. The molecule has 0 saturated carbocycles. The van der Waals surface area contributed by atoms with Crippen LogP contribution in [0.25, 0.3) is 0 Å². The summed E-state index contributed by atoms with van der Waals surface area (Å²) in [5.74, 6) is 2.46. The van der Waals surface area contributed by atoms with Crippen molar-refractivity contribution in [2.45, 2.75) is 26.4 Å². The highest BCUT2D eigenvalue weighted by Crippen LogP contribution is 2.32. The monoisotopic (exact) mass is 386 g/mol. The number of ether oxygens (including phenoxy) is 2. The van der Waals surface area contributed by atoms with Crippen LogP contribution in [0.2, 0.25) is 0 Å². The number of thiophene rings is 1. The number of nitrogens with one attached hydrogen (secondary N) is 2. The number of fused-ring (bicyclic) bond motifs is 2. The van der Waals surface area contributed by atoms with Gasteiger partial charge in [-0.25, -0.2) is 4.99 Å². The van der Waals surface area contributed by atoms with Crippen LogP contribution in [0.1, 0.15) is 22.9 Å². The SMILES string of the molecule is CCNC(=NCc1ccc2c(c1)OCO2)NCCN1CCc2sccc2C1. The molecule has 0 bridgehead atoms. The van der Waals surface area contributed by atoms with E-state index in [2.05, 4.69) is 33.9 Å². The van der Waals surface area contributed by atoms with Gasteiger partial charge in [-0.1, -0.05) is 6.07 Å². The van der Waals surface area contributed by atoms with Crippen molar-refractivity contribution < 1.29 is 9.47 Å². The maximum Gasteiger partial charge on any atom is 0.231 e. The highest BCUT2D eigenvalue weighted by atomic mass is 32.1. The average molecular weight is 387 g/mol. The molecule has 2 N–H and O–H groups in total. The molecule has 0 aliphatic carbocycles. The summed E-state index contributed by atoms with van der Waals surface area (Å²) in [5.41, 5.74) is 2.60. The van der Waals surface area contributed by atoms with Crippen LogP contribution in [-0.2, 0) is 19.5 Å². The molecule has 7 heteroatoms. The summed E-state index contributed by atoms with van der Waals surface area (Å²) in [6, 6.07) is 8.24. The molecule has 0 fully saturated rings. The Bertz CT molecular complexity index is 805. The van der Waals surface area contributed by atoms with E-state index in [1.807, 2.05) is 29.5 Å². The van der Waals surface area contributed by atoms with Gasteiger partial charge in [0.15, 0.2) is 17.5 Å². The molecule has 0 spiro atoms. The van der Waals surface area contributed by atoms with Crippen molar-refractivity contribution >= 4 is 17.3 Å². The molecule has 144 valence electrons. The standard InChI is InChI=1S/C20H26N4O2S/c1-2-21-20(23-12-15-3-4-17-18(11-15)26-14-25-17)22-7-9-24-8-5-19-16(13-24)6-10-27-19/h3-4,6,10-11H,2,5,7-9,12-14H2,1H3,(H2,21,22,23). The molecule has 6 nitrogen and oxygen atoms in total. The largest absolute Gasteiger partial charge is 0.454 e. The zero-order chi connectivity index (χ0) is 18.5. The highest BCUT2D eigenvalue weighted by molar-refractivity contribution is 7.10. The van der Waals surface area contributed by atoms with Gasteiger partial charge in [-0.2, -0.15) is 0 Å². The lowest BCUT2D eigenvalue weighted by atomic mass is 10.1. The third kappa shape index (κ3) is 4.54. The summed E-state index contributed by atoms with van der Waals surface area (Å²) >= 11 is 1.89. The molecule has 0 radical (unpaired) electrons. The second-order valence-corrected chi connectivity index (χ2v) is 7.71. The first-order valence-corrected chi connectivity index (χ1v) is 10.4. The van der Waals surface area contributed by atoms with Crippen LogP contribution >= 0.6 is 11.3 Å². The van der Waals surface area contributed by atoms with Gasteiger partial charge in [0.1, 0.15) is 0 Å². The van der Waals surface area contributed by atoms with Gasteiger partial charge in [0.2, 0.25) is 6.79 Å². The number of aliphatic imine (C=N–C) groups is 1. The topological polar surface area (TPSA) is 58.1 Å². The maximum absolute atomic E-state index is 5.44. The summed E-state index contributed by atoms with van der Waals surface area (Å²) in [7, 11) is 0. The van der Waals surface area contributed by atoms with Crippen molar-refractivity contribution in [1.82, 2.24) is 15.5 Å². The van der Waals surface area contributed by atoms with Crippen LogP contribution in [0.4, 0.5) is 0 Å². The second kappa shape index (κ2) is 8.63. The van der Waals surface area contributed by atoms with E-state index in [4.69, 9.17) is 14.5 Å². The van der Waals surface area contributed by atoms with E-state index in [-0.39, 0.29) is 0 Å². The number of rotatable bonds is 6. The van der Waals surface area contributed by atoms with E-state index >= 15 is 0 Å². The molecule has 2 aliphatic heterocycles. The van der Waals surface area contributed by atoms with E-state index in [1.54, 1.807) is 4.88 Å². The first-order valence-electron chi connectivity index (χ1n) is 9.50. The number of hydrogen-bond acceptors (Lipinski definition) is 5. The molecule has 27 heavy (non-hydrogen) atoms. The Kier molecular flexibility index (Phi) is 5.79. The fourth-order valence-electron chi connectivity index (χ4n) is 3.38.